The van der Waals surface area contributed by atoms with Gasteiger partial charge in [0.2, 0.25) is 0 Å². The Bertz CT molecular complexity index is 455. The summed E-state index contributed by atoms with van der Waals surface area (Å²) in [5.41, 5.74) is 0.532. The van der Waals surface area contributed by atoms with Gasteiger partial charge < -0.3 is 9.84 Å². The van der Waals surface area contributed by atoms with Crippen molar-refractivity contribution in [3.8, 4) is 5.75 Å². The highest BCUT2D eigenvalue weighted by Gasteiger charge is 2.29. The molecule has 0 aliphatic carbocycles. The van der Waals surface area contributed by atoms with Crippen LogP contribution in [-0.4, -0.2) is 30.5 Å². The lowest BCUT2D eigenvalue weighted by Gasteiger charge is -2.17. The first-order valence-electron chi connectivity index (χ1n) is 5.10. The Labute approximate surface area is 110 Å². The van der Waals surface area contributed by atoms with Gasteiger partial charge in [-0.25, -0.2) is 8.42 Å². The summed E-state index contributed by atoms with van der Waals surface area (Å²) < 4.78 is 27.2. The van der Waals surface area contributed by atoms with Crippen LogP contribution in [0.25, 0.3) is 0 Å². The predicted molar refractivity (Wildman–Crippen MR) is 70.1 cm³/mol. The third kappa shape index (κ3) is 3.43. The van der Waals surface area contributed by atoms with E-state index in [0.717, 1.165) is 0 Å². The molecule has 96 valence electrons. The molecule has 6 heteroatoms. The third-order valence-electron chi connectivity index (χ3n) is 2.45. The summed E-state index contributed by atoms with van der Waals surface area (Å²) in [5.74, 6) is 0.640. The minimum atomic E-state index is -3.33. The van der Waals surface area contributed by atoms with Crippen LogP contribution in [0.1, 0.15) is 18.6 Å². The highest BCUT2D eigenvalue weighted by Crippen LogP contribution is 2.28. The average Bonchev–Trinajstić information content (AvgIpc) is 2.37. The van der Waals surface area contributed by atoms with Gasteiger partial charge in [-0.1, -0.05) is 35.0 Å². The molecule has 0 aromatic heterocycles. The van der Waals surface area contributed by atoms with Crippen LogP contribution in [0.5, 0.6) is 5.75 Å². The van der Waals surface area contributed by atoms with E-state index in [1.807, 2.05) is 0 Å². The molecule has 4 nitrogen and oxygen atoms in total. The van der Waals surface area contributed by atoms with Crippen molar-refractivity contribution in [1.82, 2.24) is 0 Å². The van der Waals surface area contributed by atoms with E-state index in [1.54, 1.807) is 38.3 Å². The van der Waals surface area contributed by atoms with E-state index < -0.39 is 20.1 Å². The van der Waals surface area contributed by atoms with Gasteiger partial charge in [-0.3, -0.25) is 0 Å². The monoisotopic (exact) mass is 322 g/mol. The molecule has 0 unspecified atom stereocenters. The van der Waals surface area contributed by atoms with Crippen LogP contribution >= 0.6 is 15.9 Å². The Kier molecular flexibility index (Phi) is 4.97. The molecular formula is C11H15BrO4S. The number of sulfone groups is 1. The predicted octanol–water partition coefficient (Wildman–Crippen LogP) is 1.88. The van der Waals surface area contributed by atoms with Crippen molar-refractivity contribution in [2.75, 3.05) is 12.9 Å². The average molecular weight is 323 g/mol. The summed E-state index contributed by atoms with van der Waals surface area (Å²) in [6, 6.07) is 6.64. The quantitative estimate of drug-likeness (QED) is 0.841. The van der Waals surface area contributed by atoms with E-state index in [1.165, 1.54) is 0 Å². The maximum absolute atomic E-state index is 11.6. The van der Waals surface area contributed by atoms with Gasteiger partial charge in [-0.2, -0.15) is 0 Å². The number of methoxy groups -OCH3 is 1. The van der Waals surface area contributed by atoms with Crippen LogP contribution in [0, 0.1) is 0 Å². The largest absolute Gasteiger partial charge is 0.497 e. The summed E-state index contributed by atoms with van der Waals surface area (Å²) in [6.45, 7) is 1.55. The van der Waals surface area contributed by atoms with Crippen molar-refractivity contribution in [2.45, 2.75) is 17.2 Å². The minimum absolute atomic E-state index is 0.0177. The van der Waals surface area contributed by atoms with E-state index in [0.29, 0.717) is 11.3 Å². The topological polar surface area (TPSA) is 63.6 Å². The molecule has 0 heterocycles. The molecule has 0 saturated heterocycles. The molecule has 1 aromatic rings. The summed E-state index contributed by atoms with van der Waals surface area (Å²) in [7, 11) is -1.78. The van der Waals surface area contributed by atoms with Crippen LogP contribution in [0.4, 0.5) is 0 Å². The Morgan fingerprint density at radius 2 is 1.88 bits per heavy atom. The number of halogens is 1. The van der Waals surface area contributed by atoms with Crippen molar-refractivity contribution in [1.29, 1.82) is 0 Å². The van der Waals surface area contributed by atoms with E-state index in [4.69, 9.17) is 4.74 Å². The standard InChI is InChI=1S/C11H15BrO4S/c1-3-17(14,15)11(12)10(13)8-4-6-9(16-2)7-5-8/h4-7,10-11,13H,3H2,1-2H3/t10-,11+/m1/s1. The van der Waals surface area contributed by atoms with Crippen molar-refractivity contribution in [2.24, 2.45) is 0 Å². The number of hydrogen-bond donors (Lipinski definition) is 1. The van der Waals surface area contributed by atoms with Gasteiger partial charge in [-0.15, -0.1) is 0 Å². The summed E-state index contributed by atoms with van der Waals surface area (Å²) in [5, 5.41) is 9.95. The first kappa shape index (κ1) is 14.5. The normalized spacial score (nSPS) is 15.3. The maximum atomic E-state index is 11.6. The van der Waals surface area contributed by atoms with Crippen molar-refractivity contribution < 1.29 is 18.3 Å². The van der Waals surface area contributed by atoms with Crippen LogP contribution in [0.2, 0.25) is 0 Å². The molecule has 0 bridgehead atoms. The number of aliphatic hydroxyl groups is 1. The second kappa shape index (κ2) is 5.84. The molecule has 1 aromatic carbocycles. The molecule has 0 saturated carbocycles. The van der Waals surface area contributed by atoms with Gasteiger partial charge in [0.25, 0.3) is 0 Å². The molecule has 2 atom stereocenters. The Morgan fingerprint density at radius 3 is 2.29 bits per heavy atom. The highest BCUT2D eigenvalue weighted by atomic mass is 79.9. The fourth-order valence-electron chi connectivity index (χ4n) is 1.31. The van der Waals surface area contributed by atoms with Gasteiger partial charge in [0.15, 0.2) is 9.84 Å². The molecule has 1 rings (SSSR count). The van der Waals surface area contributed by atoms with Crippen molar-refractivity contribution in [3.05, 3.63) is 29.8 Å². The molecule has 0 radical (unpaired) electrons. The summed E-state index contributed by atoms with van der Waals surface area (Å²) >= 11 is 3.03. The van der Waals surface area contributed by atoms with Gasteiger partial charge >= 0.3 is 0 Å². The van der Waals surface area contributed by atoms with Crippen LogP contribution in [-0.2, 0) is 9.84 Å². The lowest BCUT2D eigenvalue weighted by molar-refractivity contribution is 0.195. The number of hydrogen-bond acceptors (Lipinski definition) is 4. The zero-order valence-electron chi connectivity index (χ0n) is 9.63. The zero-order chi connectivity index (χ0) is 13.1. The Hall–Kier alpha value is -0.590. The first-order chi connectivity index (χ1) is 7.92. The van der Waals surface area contributed by atoms with Gasteiger partial charge in [0.1, 0.15) is 16.0 Å². The third-order valence-corrected chi connectivity index (χ3v) is 6.41. The van der Waals surface area contributed by atoms with Crippen LogP contribution < -0.4 is 4.74 Å². The molecule has 17 heavy (non-hydrogen) atoms. The number of benzene rings is 1. The van der Waals surface area contributed by atoms with E-state index in [-0.39, 0.29) is 5.75 Å². The smallest absolute Gasteiger partial charge is 0.165 e. The van der Waals surface area contributed by atoms with Crippen LogP contribution in [0.3, 0.4) is 0 Å². The summed E-state index contributed by atoms with van der Waals surface area (Å²) in [6.07, 6.45) is -1.09. The second-order valence-electron chi connectivity index (χ2n) is 3.52. The Morgan fingerprint density at radius 1 is 1.35 bits per heavy atom. The molecule has 0 amide bonds. The lowest BCUT2D eigenvalue weighted by Crippen LogP contribution is -2.24. The van der Waals surface area contributed by atoms with Crippen molar-refractivity contribution in [3.63, 3.8) is 0 Å². The number of rotatable bonds is 5. The molecule has 0 spiro atoms. The first-order valence-corrected chi connectivity index (χ1v) is 7.73. The Balaban J connectivity index is 2.92. The SMILES string of the molecule is CCS(=O)(=O)[C@H](Br)[C@H](O)c1ccc(OC)cc1. The molecule has 0 aliphatic rings. The van der Waals surface area contributed by atoms with E-state index in [2.05, 4.69) is 15.9 Å². The lowest BCUT2D eigenvalue weighted by atomic mass is 10.1. The molecule has 1 N–H and O–H groups in total. The number of aliphatic hydroxyl groups excluding tert-OH is 1. The molecule has 0 aliphatic heterocycles. The minimum Gasteiger partial charge on any atom is -0.497 e. The number of ether oxygens (including phenoxy) is 1. The van der Waals surface area contributed by atoms with Gasteiger partial charge in [-0.05, 0) is 17.7 Å². The fourth-order valence-corrected chi connectivity index (χ4v) is 3.27. The molecule has 0 fully saturated rings. The van der Waals surface area contributed by atoms with Gasteiger partial charge in [0, 0.05) is 5.75 Å². The second-order valence-corrected chi connectivity index (χ2v) is 7.52. The van der Waals surface area contributed by atoms with Crippen LogP contribution in [0.15, 0.2) is 24.3 Å². The molecular weight excluding hydrogens is 308 g/mol. The van der Waals surface area contributed by atoms with E-state index in [9.17, 15) is 13.5 Å². The van der Waals surface area contributed by atoms with E-state index >= 15 is 0 Å². The summed E-state index contributed by atoms with van der Waals surface area (Å²) in [4.78, 5) is 0. The highest BCUT2D eigenvalue weighted by molar-refractivity contribution is 9.11. The maximum Gasteiger partial charge on any atom is 0.165 e. The zero-order valence-corrected chi connectivity index (χ0v) is 12.0. The fraction of sp³-hybridized carbons (Fsp3) is 0.455. The van der Waals surface area contributed by atoms with Gasteiger partial charge in [0.05, 0.1) is 7.11 Å². The number of alkyl halides is 1. The van der Waals surface area contributed by atoms with Crippen molar-refractivity contribution >= 4 is 25.8 Å².